The van der Waals surface area contributed by atoms with Crippen LogP contribution in [0, 0.1) is 11.3 Å². The molecule has 0 aliphatic rings. The topological polar surface area (TPSA) is 56.1 Å². The van der Waals surface area contributed by atoms with E-state index in [0.29, 0.717) is 12.3 Å². The largest absolute Gasteiger partial charge is 0.324 e. The number of rotatable bonds is 8. The minimum absolute atomic E-state index is 0.0198. The number of carbonyl (C=O) groups excluding carboxylic acids is 1. The zero-order valence-corrected chi connectivity index (χ0v) is 12.9. The molecule has 0 aromatic heterocycles. The van der Waals surface area contributed by atoms with Crippen LogP contribution in [0.2, 0.25) is 0 Å². The Labute approximate surface area is 125 Å². The normalized spacial score (nSPS) is 10.3. The van der Waals surface area contributed by atoms with Crippen molar-refractivity contribution in [2.24, 2.45) is 0 Å². The van der Waals surface area contributed by atoms with Crippen LogP contribution in [0.4, 0.5) is 5.69 Å². The number of carbonyl (C=O) groups is 1. The van der Waals surface area contributed by atoms with Gasteiger partial charge < -0.3 is 5.32 Å². The first-order chi connectivity index (χ1) is 9.67. The Balaban J connectivity index is 2.55. The molecule has 0 fully saturated rings. The number of unbranched alkanes of at least 4 members (excludes halogenated alkanes) is 1. The molecule has 1 amide bonds. The van der Waals surface area contributed by atoms with Gasteiger partial charge in [0.15, 0.2) is 0 Å². The van der Waals surface area contributed by atoms with E-state index in [2.05, 4.69) is 18.3 Å². The van der Waals surface area contributed by atoms with E-state index < -0.39 is 0 Å². The van der Waals surface area contributed by atoms with Crippen molar-refractivity contribution in [1.82, 2.24) is 4.90 Å². The van der Waals surface area contributed by atoms with Gasteiger partial charge in [-0.1, -0.05) is 25.5 Å². The number of hydrogen-bond acceptors (Lipinski definition) is 4. The molecule has 108 valence electrons. The van der Waals surface area contributed by atoms with Crippen molar-refractivity contribution >= 4 is 23.4 Å². The molecule has 0 unspecified atom stereocenters. The molecule has 1 aromatic carbocycles. The van der Waals surface area contributed by atoms with E-state index in [0.717, 1.165) is 30.0 Å². The predicted molar refractivity (Wildman–Crippen MR) is 83.8 cm³/mol. The molecule has 0 spiro atoms. The summed E-state index contributed by atoms with van der Waals surface area (Å²) in [6.07, 6.45) is 2.22. The van der Waals surface area contributed by atoms with E-state index in [1.165, 1.54) is 11.8 Å². The highest BCUT2D eigenvalue weighted by Gasteiger charge is 2.09. The number of amides is 1. The Hall–Kier alpha value is -1.51. The van der Waals surface area contributed by atoms with Crippen LogP contribution in [0.5, 0.6) is 0 Å². The number of para-hydroxylation sites is 1. The summed E-state index contributed by atoms with van der Waals surface area (Å²) < 4.78 is 0. The fourth-order valence-corrected chi connectivity index (χ4v) is 2.42. The van der Waals surface area contributed by atoms with Gasteiger partial charge in [0.2, 0.25) is 5.91 Å². The molecule has 0 aliphatic heterocycles. The number of thioether (sulfide) groups is 1. The monoisotopic (exact) mass is 291 g/mol. The van der Waals surface area contributed by atoms with Gasteiger partial charge in [-0.15, -0.1) is 11.8 Å². The molecule has 0 saturated carbocycles. The maximum Gasteiger partial charge on any atom is 0.238 e. The maximum absolute atomic E-state index is 12.0. The van der Waals surface area contributed by atoms with E-state index in [1.54, 1.807) is 0 Å². The fraction of sp³-hybridized carbons (Fsp3) is 0.467. The molecule has 5 heteroatoms. The molecule has 0 heterocycles. The second kappa shape index (κ2) is 9.40. The number of nitrogens with zero attached hydrogens (tertiary/aromatic N) is 2. The molecule has 0 radical (unpaired) electrons. The highest BCUT2D eigenvalue weighted by molar-refractivity contribution is 7.99. The highest BCUT2D eigenvalue weighted by atomic mass is 32.2. The molecule has 1 N–H and O–H groups in total. The Morgan fingerprint density at radius 2 is 2.20 bits per heavy atom. The summed E-state index contributed by atoms with van der Waals surface area (Å²) in [5, 5.41) is 11.6. The lowest BCUT2D eigenvalue weighted by molar-refractivity contribution is -0.117. The number of nitrogens with one attached hydrogen (secondary N) is 1. The van der Waals surface area contributed by atoms with Gasteiger partial charge in [-0.05, 0) is 32.1 Å². The minimum Gasteiger partial charge on any atom is -0.324 e. The molecular weight excluding hydrogens is 270 g/mol. The van der Waals surface area contributed by atoms with Crippen LogP contribution in [0.15, 0.2) is 29.2 Å². The third-order valence-corrected chi connectivity index (χ3v) is 3.70. The van der Waals surface area contributed by atoms with Crippen LogP contribution in [-0.2, 0) is 4.79 Å². The first kappa shape index (κ1) is 16.5. The van der Waals surface area contributed by atoms with E-state index in [4.69, 9.17) is 5.26 Å². The highest BCUT2D eigenvalue weighted by Crippen LogP contribution is 2.26. The van der Waals surface area contributed by atoms with E-state index in [9.17, 15) is 4.79 Å². The Morgan fingerprint density at radius 1 is 1.45 bits per heavy atom. The lowest BCUT2D eigenvalue weighted by atomic mass is 10.3. The van der Waals surface area contributed by atoms with Crippen LogP contribution in [-0.4, -0.2) is 36.7 Å². The Morgan fingerprint density at radius 3 is 2.90 bits per heavy atom. The number of hydrogen-bond donors (Lipinski definition) is 1. The summed E-state index contributed by atoms with van der Waals surface area (Å²) in [5.41, 5.74) is 0.779. The average Bonchev–Trinajstić information content (AvgIpc) is 2.44. The maximum atomic E-state index is 12.0. The lowest BCUT2D eigenvalue weighted by Gasteiger charge is -2.16. The summed E-state index contributed by atoms with van der Waals surface area (Å²) >= 11 is 1.43. The van der Waals surface area contributed by atoms with Gasteiger partial charge in [0.1, 0.15) is 0 Å². The van der Waals surface area contributed by atoms with Crippen molar-refractivity contribution in [2.45, 2.75) is 24.7 Å². The zero-order valence-electron chi connectivity index (χ0n) is 12.1. The van der Waals surface area contributed by atoms with Gasteiger partial charge in [-0.3, -0.25) is 9.69 Å². The van der Waals surface area contributed by atoms with Crippen LogP contribution in [0.3, 0.4) is 0 Å². The van der Waals surface area contributed by atoms with Crippen molar-refractivity contribution in [3.63, 3.8) is 0 Å². The van der Waals surface area contributed by atoms with Crippen molar-refractivity contribution in [2.75, 3.05) is 31.2 Å². The number of anilines is 1. The second-order valence-electron chi connectivity index (χ2n) is 4.58. The molecule has 20 heavy (non-hydrogen) atoms. The minimum atomic E-state index is -0.0198. The SMILES string of the molecule is CCCCN(C)CC(=O)Nc1ccccc1SCC#N. The first-order valence-corrected chi connectivity index (χ1v) is 7.73. The summed E-state index contributed by atoms with van der Waals surface area (Å²) in [5.74, 6) is 0.358. The van der Waals surface area contributed by atoms with Crippen LogP contribution in [0.25, 0.3) is 0 Å². The lowest BCUT2D eigenvalue weighted by Crippen LogP contribution is -2.31. The van der Waals surface area contributed by atoms with Gasteiger partial charge in [0.05, 0.1) is 24.1 Å². The van der Waals surface area contributed by atoms with Crippen molar-refractivity contribution in [3.05, 3.63) is 24.3 Å². The van der Waals surface area contributed by atoms with Gasteiger partial charge in [-0.25, -0.2) is 0 Å². The van der Waals surface area contributed by atoms with Gasteiger partial charge in [0, 0.05) is 4.90 Å². The molecule has 1 aromatic rings. The third kappa shape index (κ3) is 6.09. The fourth-order valence-electron chi connectivity index (χ4n) is 1.75. The van der Waals surface area contributed by atoms with Gasteiger partial charge >= 0.3 is 0 Å². The van der Waals surface area contributed by atoms with E-state index in [1.807, 2.05) is 36.2 Å². The van der Waals surface area contributed by atoms with Crippen molar-refractivity contribution in [1.29, 1.82) is 5.26 Å². The molecule has 4 nitrogen and oxygen atoms in total. The average molecular weight is 291 g/mol. The zero-order chi connectivity index (χ0) is 14.8. The smallest absolute Gasteiger partial charge is 0.238 e. The third-order valence-electron chi connectivity index (χ3n) is 2.76. The molecular formula is C15H21N3OS. The molecule has 0 atom stereocenters. The summed E-state index contributed by atoms with van der Waals surface area (Å²) in [4.78, 5) is 14.9. The van der Waals surface area contributed by atoms with Gasteiger partial charge in [-0.2, -0.15) is 5.26 Å². The number of benzene rings is 1. The summed E-state index contributed by atoms with van der Waals surface area (Å²) in [6.45, 7) is 3.45. The van der Waals surface area contributed by atoms with E-state index in [-0.39, 0.29) is 5.91 Å². The quantitative estimate of drug-likeness (QED) is 0.748. The molecule has 0 saturated heterocycles. The van der Waals surface area contributed by atoms with Crippen LogP contribution in [0.1, 0.15) is 19.8 Å². The molecule has 0 bridgehead atoms. The number of likely N-dealkylation sites (N-methyl/N-ethyl adjacent to an activating group) is 1. The van der Waals surface area contributed by atoms with Crippen molar-refractivity contribution in [3.8, 4) is 6.07 Å². The Kier molecular flexibility index (Phi) is 7.78. The second-order valence-corrected chi connectivity index (χ2v) is 5.60. The van der Waals surface area contributed by atoms with Crippen LogP contribution >= 0.6 is 11.8 Å². The standard InChI is InChI=1S/C15H21N3OS/c1-3-4-10-18(2)12-15(19)17-13-7-5-6-8-14(13)20-11-9-16/h5-8H,3-4,10-12H2,1-2H3,(H,17,19). The van der Waals surface area contributed by atoms with E-state index >= 15 is 0 Å². The van der Waals surface area contributed by atoms with Crippen LogP contribution < -0.4 is 5.32 Å². The number of nitriles is 1. The molecule has 1 rings (SSSR count). The summed E-state index contributed by atoms with van der Waals surface area (Å²) in [7, 11) is 1.95. The first-order valence-electron chi connectivity index (χ1n) is 6.74. The predicted octanol–water partition coefficient (Wildman–Crippen LogP) is 2.97. The van der Waals surface area contributed by atoms with Gasteiger partial charge in [0.25, 0.3) is 0 Å². The summed E-state index contributed by atoms with van der Waals surface area (Å²) in [6, 6.07) is 9.66. The van der Waals surface area contributed by atoms with Crippen molar-refractivity contribution < 1.29 is 4.79 Å². The Bertz CT molecular complexity index is 470. The molecule has 0 aliphatic carbocycles.